The summed E-state index contributed by atoms with van der Waals surface area (Å²) in [7, 11) is 0. The van der Waals surface area contributed by atoms with Crippen LogP contribution in [0.3, 0.4) is 0 Å². The van der Waals surface area contributed by atoms with E-state index >= 15 is 0 Å². The second-order valence-corrected chi connectivity index (χ2v) is 8.31. The molecule has 0 aliphatic carbocycles. The molecule has 0 radical (unpaired) electrons. The molecule has 0 aromatic carbocycles. The molecule has 2 aromatic heterocycles. The predicted octanol–water partition coefficient (Wildman–Crippen LogP) is 3.26. The van der Waals surface area contributed by atoms with Gasteiger partial charge in [0.2, 0.25) is 0 Å². The Morgan fingerprint density at radius 2 is 1.92 bits per heavy atom. The first-order valence-corrected chi connectivity index (χ1v) is 9.28. The van der Waals surface area contributed by atoms with Crippen molar-refractivity contribution in [1.29, 1.82) is 0 Å². The summed E-state index contributed by atoms with van der Waals surface area (Å²) < 4.78 is 5.64. The molecule has 1 aliphatic rings. The third-order valence-electron chi connectivity index (χ3n) is 4.62. The molecule has 1 saturated heterocycles. The van der Waals surface area contributed by atoms with Crippen molar-refractivity contribution in [3.63, 3.8) is 0 Å². The van der Waals surface area contributed by atoms with Crippen LogP contribution in [0.2, 0.25) is 0 Å². The van der Waals surface area contributed by atoms with Crippen molar-refractivity contribution >= 4 is 22.6 Å². The number of aromatic nitrogens is 3. The van der Waals surface area contributed by atoms with Gasteiger partial charge >= 0.3 is 0 Å². The lowest BCUT2D eigenvalue weighted by atomic mass is 9.87. The molecule has 26 heavy (non-hydrogen) atoms. The van der Waals surface area contributed by atoms with Crippen molar-refractivity contribution in [3.8, 4) is 0 Å². The number of fused-ring (bicyclic) bond motifs is 1. The highest BCUT2D eigenvalue weighted by Crippen LogP contribution is 2.31. The molecule has 0 saturated carbocycles. The van der Waals surface area contributed by atoms with Gasteiger partial charge in [-0.15, -0.1) is 0 Å². The van der Waals surface area contributed by atoms with Crippen LogP contribution in [0.25, 0.3) is 11.2 Å². The minimum atomic E-state index is -0.282. The number of Topliss-reactive ketones (excluding diaryl/α,β-unsaturated/α-hetero) is 1. The number of ether oxygens (including phenoxy) is 1. The number of ketones is 1. The normalized spacial score (nSPS) is 21.2. The lowest BCUT2D eigenvalue weighted by Gasteiger charge is -2.38. The van der Waals surface area contributed by atoms with Gasteiger partial charge in [0.15, 0.2) is 11.4 Å². The molecule has 0 spiro atoms. The fourth-order valence-electron chi connectivity index (χ4n) is 3.62. The molecule has 0 amide bonds. The van der Waals surface area contributed by atoms with Gasteiger partial charge in [0.25, 0.3) is 0 Å². The maximum Gasteiger partial charge on any atom is 0.180 e. The molecule has 1 fully saturated rings. The molecule has 3 heterocycles. The molecule has 0 bridgehead atoms. The Kier molecular flexibility index (Phi) is 5.51. The Morgan fingerprint density at radius 3 is 2.69 bits per heavy atom. The minimum Gasteiger partial charge on any atom is -0.369 e. The molecule has 6 heteroatoms. The van der Waals surface area contributed by atoms with E-state index in [9.17, 15) is 4.79 Å². The highest BCUT2D eigenvalue weighted by atomic mass is 16.5. The van der Waals surface area contributed by atoms with Crippen LogP contribution >= 0.6 is 0 Å². The van der Waals surface area contributed by atoms with Crippen molar-refractivity contribution < 1.29 is 9.53 Å². The Balaban J connectivity index is 1.71. The standard InChI is InChI=1S/C20H28N4O2/c1-14-9-15(10-16(25)13-26-20(2,3)4)12-24(11-14)17-5-6-22-19-18(17)21-7-8-23-19/h5-8,14-15H,9-13H2,1-4H3/t14-,15-/m0/s1. The first-order chi connectivity index (χ1) is 12.3. The Labute approximate surface area is 155 Å². The molecule has 140 valence electrons. The van der Waals surface area contributed by atoms with Gasteiger partial charge in [-0.2, -0.15) is 0 Å². The van der Waals surface area contributed by atoms with E-state index in [1.54, 1.807) is 18.6 Å². The van der Waals surface area contributed by atoms with Gasteiger partial charge < -0.3 is 9.64 Å². The number of carbonyl (C=O) groups is 1. The summed E-state index contributed by atoms with van der Waals surface area (Å²) in [5.41, 5.74) is 2.26. The number of hydrogen-bond acceptors (Lipinski definition) is 6. The number of anilines is 1. The van der Waals surface area contributed by atoms with Crippen molar-refractivity contribution in [1.82, 2.24) is 15.0 Å². The topological polar surface area (TPSA) is 68.2 Å². The van der Waals surface area contributed by atoms with Crippen molar-refractivity contribution in [2.45, 2.75) is 46.1 Å². The molecule has 3 rings (SSSR count). The second-order valence-electron chi connectivity index (χ2n) is 8.31. The molecule has 1 aliphatic heterocycles. The molecule has 6 nitrogen and oxygen atoms in total. The largest absolute Gasteiger partial charge is 0.369 e. The summed E-state index contributed by atoms with van der Waals surface area (Å²) in [6.07, 6.45) is 6.77. The van der Waals surface area contributed by atoms with Gasteiger partial charge in [0, 0.05) is 38.1 Å². The van der Waals surface area contributed by atoms with Crippen LogP contribution < -0.4 is 4.90 Å². The number of rotatable bonds is 5. The smallest absolute Gasteiger partial charge is 0.180 e. The van der Waals surface area contributed by atoms with E-state index in [1.165, 1.54) is 0 Å². The monoisotopic (exact) mass is 356 g/mol. The number of nitrogens with zero attached hydrogens (tertiary/aromatic N) is 4. The molecule has 2 aromatic rings. The molecule has 0 N–H and O–H groups in total. The van der Waals surface area contributed by atoms with E-state index in [0.717, 1.165) is 30.7 Å². The zero-order chi connectivity index (χ0) is 18.7. The zero-order valence-electron chi connectivity index (χ0n) is 16.1. The van der Waals surface area contributed by atoms with Gasteiger partial charge in [0.1, 0.15) is 12.1 Å². The third-order valence-corrected chi connectivity index (χ3v) is 4.62. The van der Waals surface area contributed by atoms with Gasteiger partial charge in [-0.1, -0.05) is 6.92 Å². The van der Waals surface area contributed by atoms with E-state index < -0.39 is 0 Å². The fraction of sp³-hybridized carbons (Fsp3) is 0.600. The van der Waals surface area contributed by atoms with Crippen LogP contribution in [0.5, 0.6) is 0 Å². The molecular formula is C20H28N4O2. The van der Waals surface area contributed by atoms with Crippen molar-refractivity contribution in [2.75, 3.05) is 24.6 Å². The quantitative estimate of drug-likeness (QED) is 0.819. The Bertz CT molecular complexity index is 766. The Morgan fingerprint density at radius 1 is 1.19 bits per heavy atom. The van der Waals surface area contributed by atoms with E-state index in [0.29, 0.717) is 23.9 Å². The fourth-order valence-corrected chi connectivity index (χ4v) is 3.62. The second kappa shape index (κ2) is 7.66. The van der Waals surface area contributed by atoms with E-state index in [4.69, 9.17) is 4.74 Å². The number of hydrogen-bond donors (Lipinski definition) is 0. The van der Waals surface area contributed by atoms with Crippen LogP contribution in [-0.4, -0.2) is 46.0 Å². The molecule has 2 atom stereocenters. The lowest BCUT2D eigenvalue weighted by Crippen LogP contribution is -2.41. The maximum absolute atomic E-state index is 12.3. The first kappa shape index (κ1) is 18.7. The van der Waals surface area contributed by atoms with E-state index in [-0.39, 0.29) is 18.0 Å². The van der Waals surface area contributed by atoms with Crippen LogP contribution in [0.4, 0.5) is 5.69 Å². The lowest BCUT2D eigenvalue weighted by molar-refractivity contribution is -0.129. The molecule has 0 unspecified atom stereocenters. The van der Waals surface area contributed by atoms with Gasteiger partial charge in [-0.05, 0) is 45.1 Å². The maximum atomic E-state index is 12.3. The average molecular weight is 356 g/mol. The highest BCUT2D eigenvalue weighted by Gasteiger charge is 2.28. The Hall–Kier alpha value is -2.08. The van der Waals surface area contributed by atoms with E-state index in [1.807, 2.05) is 26.8 Å². The van der Waals surface area contributed by atoms with Crippen molar-refractivity contribution in [2.24, 2.45) is 11.8 Å². The highest BCUT2D eigenvalue weighted by molar-refractivity contribution is 5.85. The van der Waals surface area contributed by atoms with Crippen LogP contribution in [0.1, 0.15) is 40.5 Å². The minimum absolute atomic E-state index is 0.179. The van der Waals surface area contributed by atoms with Gasteiger partial charge in [-0.25, -0.2) is 15.0 Å². The number of carbonyl (C=O) groups excluding carboxylic acids is 1. The van der Waals surface area contributed by atoms with E-state index in [2.05, 4.69) is 26.8 Å². The average Bonchev–Trinajstić information content (AvgIpc) is 2.58. The predicted molar refractivity (Wildman–Crippen MR) is 102 cm³/mol. The van der Waals surface area contributed by atoms with Crippen LogP contribution in [-0.2, 0) is 9.53 Å². The SMILES string of the molecule is C[C@H]1C[C@@H](CC(=O)COC(C)(C)C)CN(c2ccnc3nccnc23)C1. The zero-order valence-corrected chi connectivity index (χ0v) is 16.1. The van der Waals surface area contributed by atoms with Crippen LogP contribution in [0.15, 0.2) is 24.7 Å². The van der Waals surface area contributed by atoms with Gasteiger partial charge in [0.05, 0.1) is 11.3 Å². The summed E-state index contributed by atoms with van der Waals surface area (Å²) in [5, 5.41) is 0. The van der Waals surface area contributed by atoms with Crippen LogP contribution in [0, 0.1) is 11.8 Å². The summed E-state index contributed by atoms with van der Waals surface area (Å²) in [6.45, 7) is 10.2. The molecular weight excluding hydrogens is 328 g/mol. The third kappa shape index (κ3) is 4.75. The number of pyridine rings is 1. The first-order valence-electron chi connectivity index (χ1n) is 9.28. The summed E-state index contributed by atoms with van der Waals surface area (Å²) >= 11 is 0. The summed E-state index contributed by atoms with van der Waals surface area (Å²) in [5.74, 6) is 1.03. The van der Waals surface area contributed by atoms with Gasteiger partial charge in [-0.3, -0.25) is 4.79 Å². The summed E-state index contributed by atoms with van der Waals surface area (Å²) in [4.78, 5) is 27.7. The summed E-state index contributed by atoms with van der Waals surface area (Å²) in [6, 6.07) is 2.00. The number of piperidine rings is 1. The van der Waals surface area contributed by atoms with Crippen molar-refractivity contribution in [3.05, 3.63) is 24.7 Å².